The molecule has 1 aromatic rings. The van der Waals surface area contributed by atoms with Gasteiger partial charge in [-0.25, -0.2) is 4.58 Å². The molecular weight excluding hydrogens is 977 g/mol. The number of unbranched alkanes of at least 4 members (excludes halogenated alkanes) is 2. The van der Waals surface area contributed by atoms with Gasteiger partial charge in [0, 0.05) is 48.5 Å². The Bertz CT molecular complexity index is 2470. The molecule has 2 aliphatic heterocycles. The number of carboxylic acid groups (broad SMARTS) is 1. The average Bonchev–Trinajstić information content (AvgIpc) is 3.54. The predicted molar refractivity (Wildman–Crippen MR) is 273 cm³/mol. The van der Waals surface area contributed by atoms with E-state index < -0.39 is 37.4 Å². The first-order valence-electron chi connectivity index (χ1n) is 24.5. The number of aliphatic carboxylic acids is 1. The summed E-state index contributed by atoms with van der Waals surface area (Å²) in [5.41, 5.74) is 2.61. The summed E-state index contributed by atoms with van der Waals surface area (Å²) in [6.07, 6.45) is 7.47. The van der Waals surface area contributed by atoms with Crippen LogP contribution in [0.2, 0.25) is 0 Å². The number of aliphatic hydroxyl groups excluding tert-OH is 1. The molecule has 0 amide bonds. The molecule has 21 heteroatoms. The van der Waals surface area contributed by atoms with Gasteiger partial charge < -0.3 is 52.7 Å². The highest BCUT2D eigenvalue weighted by Crippen LogP contribution is 2.51. The van der Waals surface area contributed by atoms with Gasteiger partial charge in [0.15, 0.2) is 13.1 Å². The van der Waals surface area contributed by atoms with Crippen molar-refractivity contribution in [3.05, 3.63) is 82.6 Å². The largest absolute Gasteiger partial charge is 0.481 e. The maximum absolute atomic E-state index is 12.4. The molecule has 404 valence electrons. The van der Waals surface area contributed by atoms with Crippen LogP contribution in [0.5, 0.6) is 0 Å². The molecule has 0 fully saturated rings. The number of carboxylic acids is 1. The Balaban J connectivity index is 1.70. The van der Waals surface area contributed by atoms with Crippen LogP contribution in [-0.4, -0.2) is 167 Å². The third-order valence-corrected chi connectivity index (χ3v) is 13.6. The van der Waals surface area contributed by atoms with Crippen molar-refractivity contribution in [2.24, 2.45) is 0 Å². The van der Waals surface area contributed by atoms with Crippen molar-refractivity contribution in [1.82, 2.24) is 4.58 Å². The van der Waals surface area contributed by atoms with Crippen molar-refractivity contribution in [2.75, 3.05) is 130 Å². The highest BCUT2D eigenvalue weighted by Gasteiger charge is 2.43. The highest BCUT2D eigenvalue weighted by atomic mass is 32.2. The Kier molecular flexibility index (Phi) is 25.5. The van der Waals surface area contributed by atoms with Crippen LogP contribution in [0.1, 0.15) is 83.1 Å². The van der Waals surface area contributed by atoms with Gasteiger partial charge in [0.2, 0.25) is 5.36 Å². The molecule has 0 spiro atoms. The second-order valence-corrected chi connectivity index (χ2v) is 21.5. The standard InChI is InChI=1S/C51H76N2O17S2/c1-50(2,3)44-38-41(11-9-12-48-51(4,18-10-36-71(57,58)59)45-39-42(72(60,61)62)15-17-46(45)53(48)19-8-6-7-13-49(55)56)70-47-37-40(14-16-43(44)47)52(20-23-64-28-31-68-33-30-66-25-22-54)21-24-65-29-32-69-35-34-67-27-26-63-5/h9,11-12,14-17,37-39,54H,6-8,10,13,18-36H2,1-5H3,(H2-,55,56,57,58,59,60,61,62)/p+1. The van der Waals surface area contributed by atoms with Crippen LogP contribution < -0.4 is 14.8 Å². The number of ether oxygens (including phenoxy) is 7. The number of hydrogen-bond acceptors (Lipinski definition) is 15. The number of aliphatic hydroxyl groups is 1. The zero-order valence-electron chi connectivity index (χ0n) is 42.6. The second kappa shape index (κ2) is 30.3. The van der Waals surface area contributed by atoms with Crippen LogP contribution in [0.3, 0.4) is 0 Å². The molecule has 3 aliphatic rings. The quantitative estimate of drug-likeness (QED) is 0.0322. The summed E-state index contributed by atoms with van der Waals surface area (Å²) in [5.74, 6) is -0.220. The third kappa shape index (κ3) is 20.3. The highest BCUT2D eigenvalue weighted by molar-refractivity contribution is 7.86. The van der Waals surface area contributed by atoms with Crippen molar-refractivity contribution in [3.63, 3.8) is 0 Å². The van der Waals surface area contributed by atoms with Crippen LogP contribution in [0.25, 0.3) is 17.4 Å². The monoisotopic (exact) mass is 1050 g/mol. The lowest BCUT2D eigenvalue weighted by Gasteiger charge is -2.30. The molecule has 2 heterocycles. The Labute approximate surface area is 425 Å². The summed E-state index contributed by atoms with van der Waals surface area (Å²) in [6, 6.07) is 12.4. The lowest BCUT2D eigenvalue weighted by Crippen LogP contribution is -2.36. The van der Waals surface area contributed by atoms with Gasteiger partial charge in [-0.3, -0.25) is 13.9 Å². The molecule has 4 rings (SSSR count). The number of methoxy groups -OCH3 is 1. The molecular formula is C51H77N2O17S2+. The van der Waals surface area contributed by atoms with E-state index >= 15 is 0 Å². The number of nitrogens with zero attached hydrogens (tertiary/aromatic N) is 2. The van der Waals surface area contributed by atoms with E-state index in [4.69, 9.17) is 42.7 Å². The molecule has 1 atom stereocenters. The van der Waals surface area contributed by atoms with Crippen LogP contribution in [-0.2, 0) is 69.0 Å². The summed E-state index contributed by atoms with van der Waals surface area (Å²) in [5, 5.41) is 19.0. The first-order valence-corrected chi connectivity index (χ1v) is 27.5. The molecule has 1 unspecified atom stereocenters. The van der Waals surface area contributed by atoms with E-state index in [2.05, 4.69) is 37.5 Å². The van der Waals surface area contributed by atoms with Gasteiger partial charge in [-0.2, -0.15) is 16.8 Å². The Hall–Kier alpha value is -4.10. The van der Waals surface area contributed by atoms with E-state index in [-0.39, 0.29) is 42.8 Å². The molecule has 0 aromatic heterocycles. The average molecular weight is 1050 g/mol. The van der Waals surface area contributed by atoms with E-state index in [1.807, 2.05) is 42.2 Å². The molecule has 0 saturated heterocycles. The predicted octanol–water partition coefficient (Wildman–Crippen LogP) is 5.43. The molecule has 72 heavy (non-hydrogen) atoms. The van der Waals surface area contributed by atoms with Gasteiger partial charge in [-0.05, 0) is 91.6 Å². The summed E-state index contributed by atoms with van der Waals surface area (Å²) in [7, 11) is -7.30. The number of allylic oxidation sites excluding steroid dienone is 3. The van der Waals surface area contributed by atoms with Gasteiger partial charge in [0.1, 0.15) is 24.7 Å². The minimum atomic E-state index is -4.60. The number of rotatable bonds is 36. The van der Waals surface area contributed by atoms with Crippen molar-refractivity contribution in [1.29, 1.82) is 0 Å². The zero-order valence-corrected chi connectivity index (χ0v) is 44.2. The molecule has 0 bridgehead atoms. The minimum Gasteiger partial charge on any atom is -0.481 e. The van der Waals surface area contributed by atoms with E-state index in [1.165, 1.54) is 12.1 Å². The molecule has 0 radical (unpaired) electrons. The van der Waals surface area contributed by atoms with Gasteiger partial charge in [-0.1, -0.05) is 33.3 Å². The number of fused-ring (bicyclic) bond motifs is 2. The summed E-state index contributed by atoms with van der Waals surface area (Å²) in [6.45, 7) is 15.1. The number of benzene rings is 2. The normalized spacial score (nSPS) is 16.4. The summed E-state index contributed by atoms with van der Waals surface area (Å²) >= 11 is 0. The van der Waals surface area contributed by atoms with E-state index in [9.17, 15) is 35.8 Å². The molecule has 19 nitrogen and oxygen atoms in total. The van der Waals surface area contributed by atoms with E-state index in [0.717, 1.165) is 16.5 Å². The van der Waals surface area contributed by atoms with E-state index in [0.29, 0.717) is 147 Å². The molecule has 1 aromatic carbocycles. The maximum atomic E-state index is 12.4. The van der Waals surface area contributed by atoms with Gasteiger partial charge >= 0.3 is 5.97 Å². The summed E-state index contributed by atoms with van der Waals surface area (Å²) < 4.78 is 116. The molecule has 4 N–H and O–H groups in total. The lowest BCUT2D eigenvalue weighted by atomic mass is 9.77. The van der Waals surface area contributed by atoms with Gasteiger partial charge in [0.25, 0.3) is 20.2 Å². The Morgan fingerprint density at radius 2 is 1.36 bits per heavy atom. The SMILES string of the molecule is COCCOCCOCCOCC[N+](CCOCCOCCOCCO)=c1ccc2c(C(C)(C)C)cc(/C=C/C=C3/N(CCCCCC(=O)O)c4ccc(S(=O)(=O)O)cc4C3(C)CCCS(=O)(=O)O)oc-2c1. The summed E-state index contributed by atoms with van der Waals surface area (Å²) in [4.78, 5) is 13.0. The fourth-order valence-corrected chi connectivity index (χ4v) is 9.38. The van der Waals surface area contributed by atoms with Crippen molar-refractivity contribution < 1.29 is 78.5 Å². The van der Waals surface area contributed by atoms with Crippen LogP contribution >= 0.6 is 0 Å². The Morgan fingerprint density at radius 1 is 0.764 bits per heavy atom. The van der Waals surface area contributed by atoms with Crippen LogP contribution in [0, 0.1) is 0 Å². The fraction of sp³-hybridized carbons (Fsp3) is 0.608. The first kappa shape index (κ1) is 60.5. The van der Waals surface area contributed by atoms with Crippen molar-refractivity contribution in [3.8, 4) is 11.3 Å². The minimum absolute atomic E-state index is 0.0194. The van der Waals surface area contributed by atoms with Gasteiger partial charge in [0.05, 0.1) is 96.0 Å². The maximum Gasteiger partial charge on any atom is 0.303 e. The smallest absolute Gasteiger partial charge is 0.303 e. The first-order chi connectivity index (χ1) is 34.3. The molecule has 0 saturated carbocycles. The van der Waals surface area contributed by atoms with Crippen molar-refractivity contribution in [2.45, 2.75) is 81.9 Å². The third-order valence-electron chi connectivity index (χ3n) is 12.0. The van der Waals surface area contributed by atoms with Crippen molar-refractivity contribution >= 4 is 38.0 Å². The zero-order chi connectivity index (χ0) is 52.6. The fourth-order valence-electron chi connectivity index (χ4n) is 8.37. The van der Waals surface area contributed by atoms with Crippen LogP contribution in [0.15, 0.2) is 69.6 Å². The number of hydrogen-bond donors (Lipinski definition) is 4. The van der Waals surface area contributed by atoms with Gasteiger partial charge in [-0.15, -0.1) is 0 Å². The van der Waals surface area contributed by atoms with Crippen LogP contribution in [0.4, 0.5) is 5.69 Å². The number of anilines is 1. The molecule has 1 aliphatic carbocycles. The topological polar surface area (TPSA) is 250 Å². The Morgan fingerprint density at radius 3 is 1.92 bits per heavy atom. The lowest BCUT2D eigenvalue weighted by molar-refractivity contribution is -0.137. The number of carbonyl (C=O) groups is 1. The van der Waals surface area contributed by atoms with E-state index in [1.54, 1.807) is 13.2 Å². The second-order valence-electron chi connectivity index (χ2n) is 18.5.